The molecule has 0 saturated carbocycles. The van der Waals surface area contributed by atoms with Gasteiger partial charge in [-0.25, -0.2) is 0 Å². The number of carbonyl (C=O) groups is 1. The fourth-order valence-electron chi connectivity index (χ4n) is 3.46. The Kier molecular flexibility index (Phi) is 5.69. The van der Waals surface area contributed by atoms with Gasteiger partial charge in [0.25, 0.3) is 0 Å². The lowest BCUT2D eigenvalue weighted by atomic mass is 10.2. The fourth-order valence-corrected chi connectivity index (χ4v) is 3.94. The number of rotatable bonds is 4. The lowest BCUT2D eigenvalue weighted by molar-refractivity contribution is -0.117. The molecule has 6 heteroatoms. The van der Waals surface area contributed by atoms with Crippen LogP contribution in [0.15, 0.2) is 22.7 Å². The van der Waals surface area contributed by atoms with E-state index in [0.717, 1.165) is 55.0 Å². The van der Waals surface area contributed by atoms with Crippen molar-refractivity contribution in [2.45, 2.75) is 19.4 Å². The van der Waals surface area contributed by atoms with Crippen molar-refractivity contribution in [3.63, 3.8) is 0 Å². The van der Waals surface area contributed by atoms with E-state index in [1.54, 1.807) is 0 Å². The van der Waals surface area contributed by atoms with Gasteiger partial charge >= 0.3 is 0 Å². The first-order chi connectivity index (χ1) is 11.1. The number of carbonyl (C=O) groups excluding carboxylic acids is 1. The summed E-state index contributed by atoms with van der Waals surface area (Å²) >= 11 is 3.45. The maximum Gasteiger partial charge on any atom is 0.238 e. The monoisotopic (exact) mass is 380 g/mol. The molecule has 0 aromatic heterocycles. The third-order valence-corrected chi connectivity index (χ3v) is 5.24. The second-order valence-corrected chi connectivity index (χ2v) is 7.39. The van der Waals surface area contributed by atoms with Gasteiger partial charge < -0.3 is 10.6 Å². The predicted octanol–water partition coefficient (Wildman–Crippen LogP) is 1.68. The van der Waals surface area contributed by atoms with Crippen LogP contribution in [0.5, 0.6) is 0 Å². The number of nitrogens with zero attached hydrogens (tertiary/aromatic N) is 2. The van der Waals surface area contributed by atoms with E-state index < -0.39 is 0 Å². The number of hydrogen-bond donors (Lipinski definition) is 2. The van der Waals surface area contributed by atoms with Crippen LogP contribution < -0.4 is 10.6 Å². The van der Waals surface area contributed by atoms with Crippen molar-refractivity contribution in [2.75, 3.05) is 51.1 Å². The van der Waals surface area contributed by atoms with Crippen molar-refractivity contribution in [2.24, 2.45) is 0 Å². The minimum Gasteiger partial charge on any atom is -0.325 e. The minimum atomic E-state index is 0.0800. The van der Waals surface area contributed by atoms with Gasteiger partial charge in [-0.05, 0) is 37.1 Å². The van der Waals surface area contributed by atoms with Gasteiger partial charge in [0, 0.05) is 55.5 Å². The van der Waals surface area contributed by atoms with Gasteiger partial charge in [0.1, 0.15) is 0 Å². The van der Waals surface area contributed by atoms with Crippen molar-refractivity contribution in [1.29, 1.82) is 0 Å². The molecule has 1 atom stereocenters. The van der Waals surface area contributed by atoms with E-state index in [-0.39, 0.29) is 5.91 Å². The van der Waals surface area contributed by atoms with E-state index in [4.69, 9.17) is 0 Å². The molecular weight excluding hydrogens is 356 g/mol. The molecule has 23 heavy (non-hydrogen) atoms. The van der Waals surface area contributed by atoms with Crippen LogP contribution in [-0.4, -0.2) is 67.6 Å². The second-order valence-electron chi connectivity index (χ2n) is 6.47. The van der Waals surface area contributed by atoms with E-state index in [9.17, 15) is 4.79 Å². The van der Waals surface area contributed by atoms with E-state index in [0.29, 0.717) is 12.6 Å². The van der Waals surface area contributed by atoms with Crippen LogP contribution in [0.1, 0.15) is 12.0 Å². The van der Waals surface area contributed by atoms with Crippen molar-refractivity contribution < 1.29 is 4.79 Å². The van der Waals surface area contributed by atoms with Gasteiger partial charge in [0.05, 0.1) is 6.54 Å². The molecule has 0 spiro atoms. The summed E-state index contributed by atoms with van der Waals surface area (Å²) in [5.41, 5.74) is 1.98. The van der Waals surface area contributed by atoms with Crippen LogP contribution in [0.3, 0.4) is 0 Å². The molecule has 0 bridgehead atoms. The Hall–Kier alpha value is -0.950. The third kappa shape index (κ3) is 4.53. The van der Waals surface area contributed by atoms with Crippen molar-refractivity contribution in [3.05, 3.63) is 28.2 Å². The summed E-state index contributed by atoms with van der Waals surface area (Å²) in [6.45, 7) is 8.94. The molecule has 2 fully saturated rings. The smallest absolute Gasteiger partial charge is 0.238 e. The molecule has 2 saturated heterocycles. The average Bonchev–Trinajstić information content (AvgIpc) is 2.99. The van der Waals surface area contributed by atoms with Gasteiger partial charge in [-0.15, -0.1) is 0 Å². The Morgan fingerprint density at radius 3 is 2.87 bits per heavy atom. The molecule has 5 nitrogen and oxygen atoms in total. The topological polar surface area (TPSA) is 47.6 Å². The quantitative estimate of drug-likeness (QED) is 0.833. The first kappa shape index (κ1) is 16.9. The standard InChI is InChI=1S/C17H25BrN4O/c1-13-10-14(18)2-3-16(13)20-17(23)12-21-7-4-15(11-21)22-8-5-19-6-9-22/h2-3,10,15,19H,4-9,11-12H2,1H3,(H,20,23). The van der Waals surface area contributed by atoms with Crippen LogP contribution in [-0.2, 0) is 4.79 Å². The molecule has 1 unspecified atom stereocenters. The third-order valence-electron chi connectivity index (χ3n) is 4.75. The highest BCUT2D eigenvalue weighted by Crippen LogP contribution is 2.20. The molecule has 1 aromatic carbocycles. The highest BCUT2D eigenvalue weighted by Gasteiger charge is 2.29. The Balaban J connectivity index is 1.48. The molecule has 0 radical (unpaired) electrons. The highest BCUT2D eigenvalue weighted by molar-refractivity contribution is 9.10. The number of nitrogens with one attached hydrogen (secondary N) is 2. The lowest BCUT2D eigenvalue weighted by Crippen LogP contribution is -2.49. The number of piperazine rings is 1. The molecule has 1 amide bonds. The SMILES string of the molecule is Cc1cc(Br)ccc1NC(=O)CN1CCC(N2CCNCC2)C1. The van der Waals surface area contributed by atoms with Gasteiger partial charge in [-0.3, -0.25) is 14.6 Å². The summed E-state index contributed by atoms with van der Waals surface area (Å²) in [5, 5.41) is 6.43. The molecule has 126 valence electrons. The normalized spacial score (nSPS) is 23.1. The molecule has 2 N–H and O–H groups in total. The lowest BCUT2D eigenvalue weighted by Gasteiger charge is -2.32. The van der Waals surface area contributed by atoms with Crippen LogP contribution in [0, 0.1) is 6.92 Å². The number of benzene rings is 1. The van der Waals surface area contributed by atoms with Gasteiger partial charge in [-0.1, -0.05) is 15.9 Å². The number of aryl methyl sites for hydroxylation is 1. The van der Waals surface area contributed by atoms with Crippen molar-refractivity contribution >= 4 is 27.5 Å². The Morgan fingerprint density at radius 2 is 2.13 bits per heavy atom. The van der Waals surface area contributed by atoms with Gasteiger partial charge in [0.2, 0.25) is 5.91 Å². The van der Waals surface area contributed by atoms with Gasteiger partial charge in [0.15, 0.2) is 0 Å². The number of hydrogen-bond acceptors (Lipinski definition) is 4. The summed E-state index contributed by atoms with van der Waals surface area (Å²) in [6, 6.07) is 6.54. The number of amides is 1. The Labute approximate surface area is 146 Å². The summed E-state index contributed by atoms with van der Waals surface area (Å²) < 4.78 is 1.03. The molecular formula is C17H25BrN4O. The second kappa shape index (κ2) is 7.75. The molecule has 2 heterocycles. The fraction of sp³-hybridized carbons (Fsp3) is 0.588. The number of likely N-dealkylation sites (tertiary alicyclic amines) is 1. The number of halogens is 1. The summed E-state index contributed by atoms with van der Waals surface area (Å²) in [6.07, 6.45) is 1.17. The van der Waals surface area contributed by atoms with E-state index in [1.165, 1.54) is 6.42 Å². The zero-order valence-corrected chi connectivity index (χ0v) is 15.2. The van der Waals surface area contributed by atoms with Crippen molar-refractivity contribution in [3.8, 4) is 0 Å². The zero-order chi connectivity index (χ0) is 16.2. The van der Waals surface area contributed by atoms with E-state index in [2.05, 4.69) is 36.4 Å². The minimum absolute atomic E-state index is 0.0800. The number of anilines is 1. The molecule has 2 aliphatic heterocycles. The maximum atomic E-state index is 12.3. The van der Waals surface area contributed by atoms with Gasteiger partial charge in [-0.2, -0.15) is 0 Å². The highest BCUT2D eigenvalue weighted by atomic mass is 79.9. The largest absolute Gasteiger partial charge is 0.325 e. The van der Waals surface area contributed by atoms with Crippen LogP contribution >= 0.6 is 15.9 Å². The molecule has 2 aliphatic rings. The Morgan fingerprint density at radius 1 is 1.35 bits per heavy atom. The first-order valence-electron chi connectivity index (χ1n) is 8.35. The van der Waals surface area contributed by atoms with E-state index in [1.807, 2.05) is 25.1 Å². The first-order valence-corrected chi connectivity index (χ1v) is 9.14. The van der Waals surface area contributed by atoms with Crippen LogP contribution in [0.2, 0.25) is 0 Å². The average molecular weight is 381 g/mol. The maximum absolute atomic E-state index is 12.3. The molecule has 3 rings (SSSR count). The molecule has 0 aliphatic carbocycles. The summed E-state index contributed by atoms with van der Waals surface area (Å²) in [5.74, 6) is 0.0800. The Bertz CT molecular complexity index is 560. The van der Waals surface area contributed by atoms with E-state index >= 15 is 0 Å². The predicted molar refractivity (Wildman–Crippen MR) is 96.8 cm³/mol. The van der Waals surface area contributed by atoms with Crippen molar-refractivity contribution in [1.82, 2.24) is 15.1 Å². The summed E-state index contributed by atoms with van der Waals surface area (Å²) in [4.78, 5) is 17.1. The summed E-state index contributed by atoms with van der Waals surface area (Å²) in [7, 11) is 0. The van der Waals surface area contributed by atoms with Crippen LogP contribution in [0.4, 0.5) is 5.69 Å². The van der Waals surface area contributed by atoms with Crippen LogP contribution in [0.25, 0.3) is 0 Å². The molecule has 1 aromatic rings. The zero-order valence-electron chi connectivity index (χ0n) is 13.6.